The van der Waals surface area contributed by atoms with E-state index in [1.54, 1.807) is 29.9 Å². The zero-order valence-corrected chi connectivity index (χ0v) is 14.4. The van der Waals surface area contributed by atoms with E-state index in [0.29, 0.717) is 36.7 Å². The van der Waals surface area contributed by atoms with Gasteiger partial charge in [-0.15, -0.1) is 0 Å². The fourth-order valence-electron chi connectivity index (χ4n) is 3.37. The van der Waals surface area contributed by atoms with Crippen molar-refractivity contribution >= 4 is 17.2 Å². The number of para-hydroxylation sites is 1. The van der Waals surface area contributed by atoms with Gasteiger partial charge in [0, 0.05) is 26.2 Å². The summed E-state index contributed by atoms with van der Waals surface area (Å²) in [5.74, 6) is 0.297. The van der Waals surface area contributed by atoms with Crippen LogP contribution in [0.15, 0.2) is 24.3 Å². The van der Waals surface area contributed by atoms with Gasteiger partial charge < -0.3 is 10.2 Å². The molecule has 1 aromatic carbocycles. The van der Waals surface area contributed by atoms with E-state index in [2.05, 4.69) is 10.4 Å². The fraction of sp³-hybridized carbons (Fsp3) is 0.471. The predicted octanol–water partition coefficient (Wildman–Crippen LogP) is 3.11. The zero-order chi connectivity index (χ0) is 18.0. The molecule has 0 unspecified atom stereocenters. The lowest BCUT2D eigenvalue weighted by Crippen LogP contribution is -2.40. The van der Waals surface area contributed by atoms with Crippen molar-refractivity contribution in [2.45, 2.75) is 32.2 Å². The fourth-order valence-corrected chi connectivity index (χ4v) is 3.37. The Hall–Kier alpha value is -2.64. The van der Waals surface area contributed by atoms with Crippen LogP contribution in [0.2, 0.25) is 0 Å². The highest BCUT2D eigenvalue weighted by Gasteiger charge is 2.31. The van der Waals surface area contributed by atoms with E-state index in [1.807, 2.05) is 11.8 Å². The van der Waals surface area contributed by atoms with Gasteiger partial charge >= 0.3 is 5.69 Å². The molecule has 1 saturated heterocycles. The van der Waals surface area contributed by atoms with Gasteiger partial charge in [0.2, 0.25) is 5.82 Å². The Morgan fingerprint density at radius 2 is 2.04 bits per heavy atom. The maximum absolute atomic E-state index is 13.8. The molecule has 1 fully saturated rings. The number of benzene rings is 1. The molecule has 8 heteroatoms. The van der Waals surface area contributed by atoms with Crippen molar-refractivity contribution in [3.8, 4) is 0 Å². The Bertz CT molecular complexity index is 768. The number of halogens is 1. The third-order valence-corrected chi connectivity index (χ3v) is 4.61. The van der Waals surface area contributed by atoms with Crippen LogP contribution in [0.3, 0.4) is 0 Å². The minimum absolute atomic E-state index is 0.102. The van der Waals surface area contributed by atoms with Crippen LogP contribution in [0.25, 0.3) is 0 Å². The summed E-state index contributed by atoms with van der Waals surface area (Å²) >= 11 is 0. The number of nitro groups is 1. The molecule has 2 aromatic rings. The van der Waals surface area contributed by atoms with E-state index >= 15 is 0 Å². The lowest BCUT2D eigenvalue weighted by Gasteiger charge is -2.33. The Morgan fingerprint density at radius 1 is 1.36 bits per heavy atom. The summed E-state index contributed by atoms with van der Waals surface area (Å²) in [5.41, 5.74) is 1.11. The van der Waals surface area contributed by atoms with Crippen LogP contribution in [0.1, 0.15) is 25.5 Å². The maximum Gasteiger partial charge on any atom is 0.334 e. The summed E-state index contributed by atoms with van der Waals surface area (Å²) in [7, 11) is 1.74. The van der Waals surface area contributed by atoms with E-state index < -0.39 is 0 Å². The van der Waals surface area contributed by atoms with E-state index in [4.69, 9.17) is 0 Å². The summed E-state index contributed by atoms with van der Waals surface area (Å²) < 4.78 is 15.4. The average molecular weight is 347 g/mol. The van der Waals surface area contributed by atoms with Crippen molar-refractivity contribution in [1.29, 1.82) is 0 Å². The molecule has 134 valence electrons. The van der Waals surface area contributed by atoms with Crippen LogP contribution in [0.5, 0.6) is 0 Å². The second-order valence-electron chi connectivity index (χ2n) is 6.24. The van der Waals surface area contributed by atoms with E-state index in [1.165, 1.54) is 6.07 Å². The molecule has 0 amide bonds. The number of aromatic nitrogens is 2. The lowest BCUT2D eigenvalue weighted by atomic mass is 10.0. The molecule has 0 aliphatic carbocycles. The third-order valence-electron chi connectivity index (χ3n) is 4.61. The number of piperidine rings is 1. The first-order valence-electron chi connectivity index (χ1n) is 8.47. The van der Waals surface area contributed by atoms with Crippen molar-refractivity contribution in [3.63, 3.8) is 0 Å². The second kappa shape index (κ2) is 7.08. The Morgan fingerprint density at radius 3 is 2.64 bits per heavy atom. The van der Waals surface area contributed by atoms with E-state index in [0.717, 1.165) is 12.8 Å². The molecule has 0 radical (unpaired) electrons. The van der Waals surface area contributed by atoms with E-state index in [-0.39, 0.29) is 22.5 Å². The molecule has 1 aliphatic heterocycles. The molecule has 1 aliphatic rings. The molecule has 7 nitrogen and oxygen atoms in total. The molecular weight excluding hydrogens is 325 g/mol. The monoisotopic (exact) mass is 347 g/mol. The van der Waals surface area contributed by atoms with Crippen molar-refractivity contribution in [2.24, 2.45) is 7.05 Å². The number of hydrogen-bond donors (Lipinski definition) is 1. The summed E-state index contributed by atoms with van der Waals surface area (Å²) in [6, 6.07) is 6.76. The SMILES string of the molecule is CCc1nn(C)c(N2CCC(Nc3ccccc3F)CC2)c1[N+](=O)[O-]. The van der Waals surface area contributed by atoms with Crippen molar-refractivity contribution < 1.29 is 9.31 Å². The predicted molar refractivity (Wildman–Crippen MR) is 94.5 cm³/mol. The van der Waals surface area contributed by atoms with Gasteiger partial charge in [0.05, 0.1) is 10.6 Å². The van der Waals surface area contributed by atoms with Gasteiger partial charge in [-0.1, -0.05) is 19.1 Å². The highest BCUT2D eigenvalue weighted by molar-refractivity contribution is 5.62. The van der Waals surface area contributed by atoms with Crippen molar-refractivity contribution in [3.05, 3.63) is 45.9 Å². The number of nitrogens with zero attached hydrogens (tertiary/aromatic N) is 4. The second-order valence-corrected chi connectivity index (χ2v) is 6.24. The molecule has 0 bridgehead atoms. The van der Waals surface area contributed by atoms with Crippen molar-refractivity contribution in [1.82, 2.24) is 9.78 Å². The first-order chi connectivity index (χ1) is 12.0. The number of anilines is 2. The van der Waals surface area contributed by atoms with Crippen LogP contribution in [-0.2, 0) is 13.5 Å². The Kier molecular flexibility index (Phi) is 4.87. The minimum atomic E-state index is -0.342. The largest absolute Gasteiger partial charge is 0.380 e. The quantitative estimate of drug-likeness (QED) is 0.664. The molecule has 2 heterocycles. The Balaban J connectivity index is 1.72. The van der Waals surface area contributed by atoms with Gasteiger partial charge in [0.15, 0.2) is 0 Å². The van der Waals surface area contributed by atoms with Gasteiger partial charge in [0.25, 0.3) is 0 Å². The zero-order valence-electron chi connectivity index (χ0n) is 14.4. The smallest absolute Gasteiger partial charge is 0.334 e. The summed E-state index contributed by atoms with van der Waals surface area (Å²) in [5, 5.41) is 19.0. The summed E-state index contributed by atoms with van der Waals surface area (Å²) in [6.07, 6.45) is 2.08. The van der Waals surface area contributed by atoms with Crippen LogP contribution in [0, 0.1) is 15.9 Å². The summed E-state index contributed by atoms with van der Waals surface area (Å²) in [4.78, 5) is 13.1. The molecule has 1 aromatic heterocycles. The highest BCUT2D eigenvalue weighted by atomic mass is 19.1. The molecule has 0 saturated carbocycles. The van der Waals surface area contributed by atoms with Gasteiger partial charge in [-0.2, -0.15) is 5.10 Å². The molecule has 1 N–H and O–H groups in total. The topological polar surface area (TPSA) is 76.2 Å². The van der Waals surface area contributed by atoms with Crippen LogP contribution in [-0.4, -0.2) is 33.8 Å². The van der Waals surface area contributed by atoms with Crippen LogP contribution >= 0.6 is 0 Å². The minimum Gasteiger partial charge on any atom is -0.380 e. The molecular formula is C17H22FN5O2. The van der Waals surface area contributed by atoms with Gasteiger partial charge in [-0.05, 0) is 31.4 Å². The molecule has 0 atom stereocenters. The number of hydrogen-bond acceptors (Lipinski definition) is 5. The van der Waals surface area contributed by atoms with Crippen LogP contribution < -0.4 is 10.2 Å². The normalized spacial score (nSPS) is 15.4. The number of aryl methyl sites for hydroxylation is 2. The molecule has 0 spiro atoms. The standard InChI is InChI=1S/C17H22FN5O2/c1-3-14-16(23(24)25)17(21(2)20-14)22-10-8-12(9-11-22)19-15-7-5-4-6-13(15)18/h4-7,12,19H,3,8-11H2,1-2H3. The maximum atomic E-state index is 13.8. The van der Waals surface area contributed by atoms with Gasteiger partial charge in [0.1, 0.15) is 11.5 Å². The average Bonchev–Trinajstić information content (AvgIpc) is 2.94. The van der Waals surface area contributed by atoms with Gasteiger partial charge in [-0.25, -0.2) is 9.07 Å². The highest BCUT2D eigenvalue weighted by Crippen LogP contribution is 2.33. The third kappa shape index (κ3) is 3.42. The number of nitrogens with one attached hydrogen (secondary N) is 1. The molecule has 3 rings (SSSR count). The first-order valence-corrected chi connectivity index (χ1v) is 8.47. The van der Waals surface area contributed by atoms with Crippen molar-refractivity contribution in [2.75, 3.05) is 23.3 Å². The Labute approximate surface area is 145 Å². The number of rotatable bonds is 5. The molecule has 25 heavy (non-hydrogen) atoms. The van der Waals surface area contributed by atoms with Crippen LogP contribution in [0.4, 0.5) is 21.6 Å². The van der Waals surface area contributed by atoms with E-state index in [9.17, 15) is 14.5 Å². The summed E-state index contributed by atoms with van der Waals surface area (Å²) in [6.45, 7) is 3.19. The first kappa shape index (κ1) is 17.2. The lowest BCUT2D eigenvalue weighted by molar-refractivity contribution is -0.384. The van der Waals surface area contributed by atoms with Gasteiger partial charge in [-0.3, -0.25) is 10.1 Å².